The number of rotatable bonds is 4. The first-order valence-electron chi connectivity index (χ1n) is 6.00. The van der Waals surface area contributed by atoms with E-state index in [9.17, 15) is 13.9 Å². The number of halogens is 2. The van der Waals surface area contributed by atoms with Gasteiger partial charge in [0.1, 0.15) is 11.6 Å². The first-order valence-corrected chi connectivity index (χ1v) is 6.00. The summed E-state index contributed by atoms with van der Waals surface area (Å²) in [6.45, 7) is 1.93. The summed E-state index contributed by atoms with van der Waals surface area (Å²) in [4.78, 5) is 0. The Morgan fingerprint density at radius 1 is 1.11 bits per heavy atom. The largest absolute Gasteiger partial charge is 0.387 e. The number of benzene rings is 2. The minimum absolute atomic E-state index is 0.275. The highest BCUT2D eigenvalue weighted by atomic mass is 19.1. The van der Waals surface area contributed by atoms with Crippen molar-refractivity contribution in [1.29, 1.82) is 0 Å². The normalized spacial score (nSPS) is 12.2. The molecule has 100 valence electrons. The van der Waals surface area contributed by atoms with E-state index in [4.69, 9.17) is 0 Å². The van der Waals surface area contributed by atoms with Crippen LogP contribution < -0.4 is 5.32 Å². The van der Waals surface area contributed by atoms with E-state index >= 15 is 0 Å². The van der Waals surface area contributed by atoms with Gasteiger partial charge in [-0.15, -0.1) is 0 Å². The average molecular weight is 263 g/mol. The van der Waals surface area contributed by atoms with Crippen molar-refractivity contribution < 1.29 is 13.9 Å². The van der Waals surface area contributed by atoms with Crippen LogP contribution in [0.1, 0.15) is 17.2 Å². The van der Waals surface area contributed by atoms with E-state index in [1.807, 2.05) is 0 Å². The van der Waals surface area contributed by atoms with Crippen LogP contribution in [-0.4, -0.2) is 11.7 Å². The fourth-order valence-corrected chi connectivity index (χ4v) is 1.78. The molecule has 2 N–H and O–H groups in total. The van der Waals surface area contributed by atoms with Crippen molar-refractivity contribution >= 4 is 5.69 Å². The summed E-state index contributed by atoms with van der Waals surface area (Å²) in [5, 5.41) is 13.0. The van der Waals surface area contributed by atoms with E-state index in [-0.39, 0.29) is 18.2 Å². The lowest BCUT2D eigenvalue weighted by atomic mass is 10.1. The zero-order valence-electron chi connectivity index (χ0n) is 10.5. The zero-order valence-corrected chi connectivity index (χ0v) is 10.5. The monoisotopic (exact) mass is 263 g/mol. The number of hydrogen-bond donors (Lipinski definition) is 2. The molecule has 0 aliphatic heterocycles. The minimum atomic E-state index is -0.746. The van der Waals surface area contributed by atoms with Gasteiger partial charge in [-0.1, -0.05) is 12.1 Å². The quantitative estimate of drug-likeness (QED) is 0.886. The summed E-state index contributed by atoms with van der Waals surface area (Å²) < 4.78 is 25.8. The lowest BCUT2D eigenvalue weighted by Gasteiger charge is -2.14. The molecule has 2 aromatic carbocycles. The molecule has 0 amide bonds. The van der Waals surface area contributed by atoms with Crippen molar-refractivity contribution in [2.24, 2.45) is 0 Å². The van der Waals surface area contributed by atoms with E-state index < -0.39 is 6.10 Å². The molecule has 0 fully saturated rings. The van der Waals surface area contributed by atoms with Crippen LogP contribution in [0.5, 0.6) is 0 Å². The number of nitrogens with one attached hydrogen (secondary N) is 1. The zero-order chi connectivity index (χ0) is 13.8. The topological polar surface area (TPSA) is 32.3 Å². The number of aryl methyl sites for hydroxylation is 1. The first kappa shape index (κ1) is 13.5. The summed E-state index contributed by atoms with van der Waals surface area (Å²) in [6.07, 6.45) is -0.746. The molecule has 1 unspecified atom stereocenters. The van der Waals surface area contributed by atoms with Gasteiger partial charge in [0.2, 0.25) is 0 Å². The van der Waals surface area contributed by atoms with Gasteiger partial charge in [-0.25, -0.2) is 8.78 Å². The average Bonchev–Trinajstić information content (AvgIpc) is 2.41. The van der Waals surface area contributed by atoms with E-state index in [0.717, 1.165) is 5.69 Å². The Morgan fingerprint density at radius 2 is 1.79 bits per heavy atom. The molecule has 2 aromatic rings. The van der Waals surface area contributed by atoms with Crippen molar-refractivity contribution in [3.63, 3.8) is 0 Å². The third-order valence-electron chi connectivity index (χ3n) is 2.91. The Kier molecular flexibility index (Phi) is 4.12. The molecule has 2 nitrogen and oxygen atoms in total. The number of hydrogen-bond acceptors (Lipinski definition) is 2. The number of anilines is 1. The second-order valence-corrected chi connectivity index (χ2v) is 4.41. The van der Waals surface area contributed by atoms with E-state index in [2.05, 4.69) is 5.32 Å². The fraction of sp³-hybridized carbons (Fsp3) is 0.200. The van der Waals surface area contributed by atoms with Crippen molar-refractivity contribution in [3.8, 4) is 0 Å². The van der Waals surface area contributed by atoms with Crippen LogP contribution in [0.25, 0.3) is 0 Å². The number of aliphatic hydroxyl groups is 1. The van der Waals surface area contributed by atoms with Crippen LogP contribution in [0.3, 0.4) is 0 Å². The van der Waals surface area contributed by atoms with Crippen LogP contribution >= 0.6 is 0 Å². The maximum Gasteiger partial charge on any atom is 0.126 e. The van der Waals surface area contributed by atoms with Gasteiger partial charge in [0.15, 0.2) is 0 Å². The minimum Gasteiger partial charge on any atom is -0.387 e. The van der Waals surface area contributed by atoms with Crippen LogP contribution in [0.4, 0.5) is 14.5 Å². The van der Waals surface area contributed by atoms with Gasteiger partial charge < -0.3 is 10.4 Å². The smallest absolute Gasteiger partial charge is 0.126 e. The Morgan fingerprint density at radius 3 is 2.42 bits per heavy atom. The van der Waals surface area contributed by atoms with Crippen LogP contribution in [0, 0.1) is 18.6 Å². The first-order chi connectivity index (χ1) is 9.06. The summed E-state index contributed by atoms with van der Waals surface area (Å²) in [7, 11) is 0. The van der Waals surface area contributed by atoms with E-state index in [0.29, 0.717) is 11.1 Å². The van der Waals surface area contributed by atoms with Crippen molar-refractivity contribution in [2.45, 2.75) is 13.0 Å². The molecule has 0 saturated heterocycles. The van der Waals surface area contributed by atoms with Crippen LogP contribution in [-0.2, 0) is 0 Å². The van der Waals surface area contributed by atoms with E-state index in [1.165, 1.54) is 18.2 Å². The van der Waals surface area contributed by atoms with Gasteiger partial charge in [0.25, 0.3) is 0 Å². The molecule has 0 aliphatic carbocycles. The van der Waals surface area contributed by atoms with Crippen molar-refractivity contribution in [2.75, 3.05) is 11.9 Å². The van der Waals surface area contributed by atoms with Crippen molar-refractivity contribution in [3.05, 3.63) is 65.2 Å². The Hall–Kier alpha value is -1.94. The maximum atomic E-state index is 13.1. The third kappa shape index (κ3) is 3.51. The molecule has 0 saturated carbocycles. The van der Waals surface area contributed by atoms with Crippen LogP contribution in [0.2, 0.25) is 0 Å². The number of aliphatic hydroxyl groups excluding tert-OH is 1. The lowest BCUT2D eigenvalue weighted by molar-refractivity contribution is 0.191. The SMILES string of the molecule is Cc1cc(C(O)CNc2ccc(F)cc2)ccc1F. The highest BCUT2D eigenvalue weighted by molar-refractivity contribution is 5.43. The molecule has 0 spiro atoms. The molecule has 0 aromatic heterocycles. The highest BCUT2D eigenvalue weighted by Gasteiger charge is 2.09. The summed E-state index contributed by atoms with van der Waals surface area (Å²) >= 11 is 0. The molecule has 0 bridgehead atoms. The molecular weight excluding hydrogens is 248 g/mol. The van der Waals surface area contributed by atoms with Gasteiger partial charge in [-0.2, -0.15) is 0 Å². The van der Waals surface area contributed by atoms with Gasteiger partial charge in [0, 0.05) is 12.2 Å². The Bertz CT molecular complexity index is 555. The van der Waals surface area contributed by atoms with Crippen LogP contribution in [0.15, 0.2) is 42.5 Å². The molecule has 0 radical (unpaired) electrons. The molecule has 4 heteroatoms. The van der Waals surface area contributed by atoms with E-state index in [1.54, 1.807) is 31.2 Å². The predicted molar refractivity (Wildman–Crippen MR) is 71.0 cm³/mol. The second-order valence-electron chi connectivity index (χ2n) is 4.41. The van der Waals surface area contributed by atoms with Crippen molar-refractivity contribution in [1.82, 2.24) is 0 Å². The van der Waals surface area contributed by atoms with Gasteiger partial charge in [0.05, 0.1) is 6.10 Å². The molecule has 1 atom stereocenters. The summed E-state index contributed by atoms with van der Waals surface area (Å²) in [6, 6.07) is 10.4. The van der Waals surface area contributed by atoms with Gasteiger partial charge in [-0.3, -0.25) is 0 Å². The Balaban J connectivity index is 1.98. The summed E-state index contributed by atoms with van der Waals surface area (Å²) in [5.41, 5.74) is 1.87. The fourth-order valence-electron chi connectivity index (χ4n) is 1.78. The molecule has 0 aliphatic rings. The molecule has 2 rings (SSSR count). The maximum absolute atomic E-state index is 13.1. The molecular formula is C15H15F2NO. The third-order valence-corrected chi connectivity index (χ3v) is 2.91. The van der Waals surface area contributed by atoms with Gasteiger partial charge >= 0.3 is 0 Å². The molecule has 19 heavy (non-hydrogen) atoms. The highest BCUT2D eigenvalue weighted by Crippen LogP contribution is 2.18. The second kappa shape index (κ2) is 5.80. The molecule has 0 heterocycles. The predicted octanol–water partition coefficient (Wildman–Crippen LogP) is 3.42. The Labute approximate surface area is 110 Å². The van der Waals surface area contributed by atoms with Gasteiger partial charge in [-0.05, 0) is 48.4 Å². The lowest BCUT2D eigenvalue weighted by Crippen LogP contribution is -2.12. The summed E-state index contributed by atoms with van der Waals surface area (Å²) in [5.74, 6) is -0.595. The standard InChI is InChI=1S/C15H15F2NO/c1-10-8-11(2-7-14(10)17)15(19)9-18-13-5-3-12(16)4-6-13/h2-8,15,18-19H,9H2,1H3.